The molecule has 3 amide bonds. The maximum atomic E-state index is 13.2. The van der Waals surface area contributed by atoms with Crippen LogP contribution >= 0.6 is 11.8 Å². The molecule has 1 N–H and O–H groups in total. The first kappa shape index (κ1) is 30.6. The minimum absolute atomic E-state index is 0.127. The lowest BCUT2D eigenvalue weighted by Crippen LogP contribution is -2.41. The second kappa shape index (κ2) is 11.8. The number of carbonyl (C=O) groups excluding carboxylic acids is 2. The average Bonchev–Trinajstić information content (AvgIpc) is 3.65. The van der Waals surface area contributed by atoms with Crippen LogP contribution in [0.4, 0.5) is 38.1 Å². The highest BCUT2D eigenvalue weighted by molar-refractivity contribution is 8.15. The second-order valence-corrected chi connectivity index (χ2v) is 10.8. The topological polar surface area (TPSA) is 115 Å². The summed E-state index contributed by atoms with van der Waals surface area (Å²) in [6, 6.07) is 17.7. The number of anilines is 2. The third-order valence-electron chi connectivity index (χ3n) is 6.72. The summed E-state index contributed by atoms with van der Waals surface area (Å²) in [7, 11) is 0. The zero-order chi connectivity index (χ0) is 32.6. The molecule has 10 nitrogen and oxygen atoms in total. The van der Waals surface area contributed by atoms with Crippen molar-refractivity contribution in [1.82, 2.24) is 19.7 Å². The van der Waals surface area contributed by atoms with Crippen molar-refractivity contribution in [3.63, 3.8) is 0 Å². The summed E-state index contributed by atoms with van der Waals surface area (Å²) in [4.78, 5) is 39.8. The second-order valence-electron chi connectivity index (χ2n) is 9.84. The first-order valence-electron chi connectivity index (χ1n) is 13.4. The van der Waals surface area contributed by atoms with Gasteiger partial charge in [0.2, 0.25) is 5.91 Å². The molecule has 234 valence electrons. The van der Waals surface area contributed by atoms with Gasteiger partial charge in [-0.2, -0.15) is 26.9 Å². The number of aliphatic imine (C=N–C) groups is 1. The van der Waals surface area contributed by atoms with Crippen molar-refractivity contribution in [3.8, 4) is 22.8 Å². The van der Waals surface area contributed by atoms with Crippen molar-refractivity contribution in [2.24, 2.45) is 4.99 Å². The van der Waals surface area contributed by atoms with Gasteiger partial charge in [0.25, 0.3) is 0 Å². The Hall–Kier alpha value is -5.38. The number of pyridine rings is 1. The highest BCUT2D eigenvalue weighted by Gasteiger charge is 2.61. The van der Waals surface area contributed by atoms with Gasteiger partial charge in [-0.1, -0.05) is 17.8 Å². The van der Waals surface area contributed by atoms with Crippen LogP contribution in [-0.4, -0.2) is 54.9 Å². The third-order valence-corrected chi connectivity index (χ3v) is 7.64. The van der Waals surface area contributed by atoms with Gasteiger partial charge in [-0.25, -0.2) is 14.5 Å². The number of carbonyl (C=O) groups is 2. The van der Waals surface area contributed by atoms with Gasteiger partial charge in [0.1, 0.15) is 12.1 Å². The van der Waals surface area contributed by atoms with E-state index in [0.717, 1.165) is 29.3 Å². The lowest BCUT2D eigenvalue weighted by Gasteiger charge is -2.20. The molecule has 46 heavy (non-hydrogen) atoms. The fraction of sp³-hybridized carbons (Fsp3) is 0.133. The molecule has 0 bridgehead atoms. The minimum Gasteiger partial charge on any atom is -0.426 e. The number of thioether (sulfide) groups is 1. The first-order chi connectivity index (χ1) is 21.9. The largest absolute Gasteiger partial charge is 0.499 e. The zero-order valence-electron chi connectivity index (χ0n) is 23.5. The van der Waals surface area contributed by atoms with Crippen molar-refractivity contribution in [2.75, 3.05) is 16.0 Å². The molecule has 3 heterocycles. The molecule has 1 aliphatic rings. The fourth-order valence-corrected chi connectivity index (χ4v) is 5.39. The Morgan fingerprint density at radius 2 is 1.78 bits per heavy atom. The number of alkyl halides is 5. The van der Waals surface area contributed by atoms with E-state index >= 15 is 0 Å². The van der Waals surface area contributed by atoms with Gasteiger partial charge in [0, 0.05) is 22.8 Å². The van der Waals surface area contributed by atoms with E-state index in [2.05, 4.69) is 30.1 Å². The van der Waals surface area contributed by atoms with Crippen LogP contribution in [0.5, 0.6) is 5.75 Å². The molecule has 3 aromatic carbocycles. The molecular weight excluding hydrogens is 633 g/mol. The van der Waals surface area contributed by atoms with E-state index in [9.17, 15) is 31.5 Å². The molecule has 16 heteroatoms. The van der Waals surface area contributed by atoms with Crippen LogP contribution in [0.3, 0.4) is 0 Å². The monoisotopic (exact) mass is 653 g/mol. The van der Waals surface area contributed by atoms with Gasteiger partial charge < -0.3 is 10.1 Å². The summed E-state index contributed by atoms with van der Waals surface area (Å²) in [6.45, 7) is 1.75. The maximum Gasteiger partial charge on any atom is 0.499 e. The molecule has 1 saturated heterocycles. The van der Waals surface area contributed by atoms with E-state index in [1.807, 2.05) is 12.1 Å². The Morgan fingerprint density at radius 1 is 1.00 bits per heavy atom. The van der Waals surface area contributed by atoms with Gasteiger partial charge in [-0.3, -0.25) is 14.7 Å². The van der Waals surface area contributed by atoms with E-state index in [4.69, 9.17) is 0 Å². The summed E-state index contributed by atoms with van der Waals surface area (Å²) in [5.74, 6) is -0.484. The molecule has 0 unspecified atom stereocenters. The van der Waals surface area contributed by atoms with Crippen molar-refractivity contribution >= 4 is 51.1 Å². The highest BCUT2D eigenvalue weighted by atomic mass is 32.2. The first-order valence-corrected chi connectivity index (χ1v) is 14.3. The molecule has 0 atom stereocenters. The SMILES string of the molecule is Cc1cc(-c2ncn(-c3ccc(OC(F)(F)C(F)(F)F)cc3)n2)ccc1NC(=O)N=C1SCC(=O)N1c1cccc2ncccc12. The minimum atomic E-state index is -5.86. The number of nitrogens with zero attached hydrogens (tertiary/aromatic N) is 6. The van der Waals surface area contributed by atoms with Crippen LogP contribution in [0.25, 0.3) is 28.0 Å². The number of aryl methyl sites for hydroxylation is 1. The molecule has 0 aliphatic carbocycles. The van der Waals surface area contributed by atoms with Crippen LogP contribution in [0.2, 0.25) is 0 Å². The average molecular weight is 654 g/mol. The fourth-order valence-electron chi connectivity index (χ4n) is 4.53. The summed E-state index contributed by atoms with van der Waals surface area (Å²) >= 11 is 1.15. The summed E-state index contributed by atoms with van der Waals surface area (Å²) in [5, 5.41) is 8.05. The van der Waals surface area contributed by atoms with Crippen molar-refractivity contribution in [3.05, 3.63) is 90.9 Å². The number of fused-ring (bicyclic) bond motifs is 1. The summed E-state index contributed by atoms with van der Waals surface area (Å²) < 4.78 is 68.7. The molecule has 6 rings (SSSR count). The molecule has 2 aromatic heterocycles. The Balaban J connectivity index is 1.15. The van der Waals surface area contributed by atoms with Crippen LogP contribution < -0.4 is 15.0 Å². The van der Waals surface area contributed by atoms with E-state index in [-0.39, 0.29) is 22.7 Å². The van der Waals surface area contributed by atoms with Gasteiger partial charge in [0.05, 0.1) is 22.6 Å². The van der Waals surface area contributed by atoms with E-state index in [1.165, 1.54) is 28.0 Å². The van der Waals surface area contributed by atoms with Gasteiger partial charge >= 0.3 is 18.3 Å². The van der Waals surface area contributed by atoms with E-state index in [0.29, 0.717) is 33.7 Å². The lowest BCUT2D eigenvalue weighted by molar-refractivity contribution is -0.360. The van der Waals surface area contributed by atoms with Crippen molar-refractivity contribution in [2.45, 2.75) is 19.2 Å². The normalized spacial score (nSPS) is 14.7. The Bertz CT molecular complexity index is 1990. The molecule has 0 radical (unpaired) electrons. The predicted molar refractivity (Wildman–Crippen MR) is 161 cm³/mol. The molecule has 1 aliphatic heterocycles. The van der Waals surface area contributed by atoms with Crippen molar-refractivity contribution in [1.29, 1.82) is 0 Å². The number of hydrogen-bond acceptors (Lipinski definition) is 7. The highest BCUT2D eigenvalue weighted by Crippen LogP contribution is 2.37. The number of ether oxygens (including phenoxy) is 1. The quantitative estimate of drug-likeness (QED) is 0.197. The van der Waals surface area contributed by atoms with Crippen LogP contribution in [0, 0.1) is 6.92 Å². The van der Waals surface area contributed by atoms with Crippen molar-refractivity contribution < 1.29 is 36.3 Å². The number of hydrogen-bond donors (Lipinski definition) is 1. The van der Waals surface area contributed by atoms with E-state index < -0.39 is 24.1 Å². The van der Waals surface area contributed by atoms with Gasteiger partial charge in [-0.15, -0.1) is 5.10 Å². The van der Waals surface area contributed by atoms with Crippen LogP contribution in [0.15, 0.2) is 90.3 Å². The summed E-state index contributed by atoms with van der Waals surface area (Å²) in [5.41, 5.74) is 3.30. The number of amidine groups is 1. The Morgan fingerprint density at radius 3 is 2.52 bits per heavy atom. The Labute approximate surface area is 260 Å². The number of amides is 3. The molecule has 0 spiro atoms. The molecular formula is C30H20F5N7O3S. The number of aromatic nitrogens is 4. The van der Waals surface area contributed by atoms with E-state index in [1.54, 1.807) is 49.5 Å². The number of rotatable bonds is 6. The molecule has 5 aromatic rings. The third kappa shape index (κ3) is 6.10. The number of nitrogens with one attached hydrogen (secondary N) is 1. The predicted octanol–water partition coefficient (Wildman–Crippen LogP) is 6.99. The molecule has 1 fully saturated rings. The van der Waals surface area contributed by atoms with Crippen LogP contribution in [-0.2, 0) is 4.79 Å². The van der Waals surface area contributed by atoms with Crippen LogP contribution in [0.1, 0.15) is 5.56 Å². The van der Waals surface area contributed by atoms with Gasteiger partial charge in [0.15, 0.2) is 11.0 Å². The Kier molecular flexibility index (Phi) is 7.89. The molecule has 0 saturated carbocycles. The number of halogens is 5. The standard InChI is InChI=1S/C30H20F5N7O3S/c1-17-14-18(26-37-16-41(40-26)19-8-10-20(11-9-19)45-30(34,35)29(31,32)33)7-12-22(17)38-27(44)39-28-42(25(43)15-46-28)24-6-2-5-23-21(24)4-3-13-36-23/h2-14,16H,15H2,1H3,(H,38,44). The number of urea groups is 1. The number of benzene rings is 3. The lowest BCUT2D eigenvalue weighted by atomic mass is 10.1. The maximum absolute atomic E-state index is 13.2. The summed E-state index contributed by atoms with van der Waals surface area (Å²) in [6.07, 6.45) is -8.20. The van der Waals surface area contributed by atoms with Gasteiger partial charge in [-0.05, 0) is 79.2 Å². The smallest absolute Gasteiger partial charge is 0.426 e. The zero-order valence-corrected chi connectivity index (χ0v) is 24.3.